The van der Waals surface area contributed by atoms with Crippen molar-refractivity contribution in [1.29, 1.82) is 0 Å². The molecule has 0 fully saturated rings. The van der Waals surface area contributed by atoms with Crippen LogP contribution in [0.1, 0.15) is 38.3 Å². The molecule has 0 saturated carbocycles. The number of halogens is 1. The molecule has 1 aromatic heterocycles. The molecule has 0 unspecified atom stereocenters. The Morgan fingerprint density at radius 3 is 2.46 bits per heavy atom. The molecule has 1 heterocycles. The molecule has 2 aromatic rings. The molecule has 0 aliphatic carbocycles. The van der Waals surface area contributed by atoms with E-state index in [1.165, 1.54) is 11.8 Å². The molecule has 0 aliphatic rings. The first-order chi connectivity index (χ1) is 12.3. The number of carbonyl (C=O) groups excluding carboxylic acids is 2. The van der Waals surface area contributed by atoms with Crippen LogP contribution in [0.15, 0.2) is 42.6 Å². The Kier molecular flexibility index (Phi) is 6.75. The maximum atomic E-state index is 11.8. The summed E-state index contributed by atoms with van der Waals surface area (Å²) in [7, 11) is 0. The summed E-state index contributed by atoms with van der Waals surface area (Å²) in [5.41, 5.74) is 2.78. The number of nitrogens with one attached hydrogen (secondary N) is 1. The van der Waals surface area contributed by atoms with E-state index < -0.39 is 11.9 Å². The number of hydrogen-bond acceptors (Lipinski definition) is 4. The van der Waals surface area contributed by atoms with Crippen LogP contribution in [0.2, 0.25) is 5.15 Å². The Labute approximate surface area is 158 Å². The van der Waals surface area contributed by atoms with E-state index in [9.17, 15) is 9.59 Å². The van der Waals surface area contributed by atoms with Gasteiger partial charge in [0.05, 0.1) is 5.69 Å². The molecule has 1 N–H and O–H groups in total. The molecule has 0 bridgehead atoms. The van der Waals surface area contributed by atoms with Crippen LogP contribution in [0.3, 0.4) is 0 Å². The van der Waals surface area contributed by atoms with Crippen LogP contribution >= 0.6 is 11.6 Å². The van der Waals surface area contributed by atoms with Crippen LogP contribution in [0.4, 0.5) is 5.69 Å². The van der Waals surface area contributed by atoms with E-state index in [4.69, 9.17) is 16.3 Å². The van der Waals surface area contributed by atoms with Crippen molar-refractivity contribution in [2.45, 2.75) is 39.0 Å². The average molecular weight is 375 g/mol. The summed E-state index contributed by atoms with van der Waals surface area (Å²) in [5, 5.41) is 2.74. The second-order valence-electron chi connectivity index (χ2n) is 7.00. The van der Waals surface area contributed by atoms with Gasteiger partial charge in [0.15, 0.2) is 11.8 Å². The first-order valence-corrected chi connectivity index (χ1v) is 8.79. The van der Waals surface area contributed by atoms with Crippen molar-refractivity contribution in [2.75, 3.05) is 11.9 Å². The second-order valence-corrected chi connectivity index (χ2v) is 7.36. The highest BCUT2D eigenvalue weighted by molar-refractivity contribution is 6.32. The van der Waals surface area contributed by atoms with Gasteiger partial charge >= 0.3 is 5.97 Å². The van der Waals surface area contributed by atoms with Gasteiger partial charge in [-0.25, -0.2) is 4.98 Å². The van der Waals surface area contributed by atoms with Crippen molar-refractivity contribution in [3.05, 3.63) is 58.9 Å². The van der Waals surface area contributed by atoms with Crippen LogP contribution in [-0.4, -0.2) is 23.5 Å². The molecule has 0 aliphatic heterocycles. The molecule has 0 saturated heterocycles. The van der Waals surface area contributed by atoms with Gasteiger partial charge in [-0.1, -0.05) is 56.6 Å². The fraction of sp³-hybridized carbons (Fsp3) is 0.350. The number of aryl methyl sites for hydroxylation is 1. The average Bonchev–Trinajstić information content (AvgIpc) is 2.60. The van der Waals surface area contributed by atoms with Gasteiger partial charge in [-0.05, 0) is 35.1 Å². The van der Waals surface area contributed by atoms with Crippen LogP contribution in [-0.2, 0) is 26.2 Å². The predicted octanol–water partition coefficient (Wildman–Crippen LogP) is 4.15. The number of anilines is 1. The summed E-state index contributed by atoms with van der Waals surface area (Å²) in [6, 6.07) is 11.5. The smallest absolute Gasteiger partial charge is 0.306 e. The van der Waals surface area contributed by atoms with E-state index in [1.54, 1.807) is 12.1 Å². The lowest BCUT2D eigenvalue weighted by Crippen LogP contribution is -2.21. The number of amides is 1. The monoisotopic (exact) mass is 374 g/mol. The van der Waals surface area contributed by atoms with E-state index in [-0.39, 0.29) is 23.6 Å². The van der Waals surface area contributed by atoms with Crippen LogP contribution in [0, 0.1) is 0 Å². The minimum atomic E-state index is -0.456. The molecule has 1 amide bonds. The van der Waals surface area contributed by atoms with E-state index >= 15 is 0 Å². The van der Waals surface area contributed by atoms with Crippen LogP contribution in [0.25, 0.3) is 0 Å². The Hall–Kier alpha value is -2.40. The SMILES string of the molecule is CC(C)(C)c1ccc(CCC(=O)OCC(=O)Nc2cccnc2Cl)cc1. The Balaban J connectivity index is 1.75. The lowest BCUT2D eigenvalue weighted by atomic mass is 9.86. The zero-order valence-corrected chi connectivity index (χ0v) is 16.0. The molecule has 6 heteroatoms. The quantitative estimate of drug-likeness (QED) is 0.609. The maximum Gasteiger partial charge on any atom is 0.306 e. The normalized spacial score (nSPS) is 11.1. The first-order valence-electron chi connectivity index (χ1n) is 8.41. The predicted molar refractivity (Wildman–Crippen MR) is 102 cm³/mol. The zero-order valence-electron chi connectivity index (χ0n) is 15.2. The van der Waals surface area contributed by atoms with Gasteiger partial charge < -0.3 is 10.1 Å². The Bertz CT molecular complexity index is 767. The number of ether oxygens (including phenoxy) is 1. The van der Waals surface area contributed by atoms with Gasteiger partial charge in [-0.15, -0.1) is 0 Å². The minimum Gasteiger partial charge on any atom is -0.456 e. The van der Waals surface area contributed by atoms with Crippen LogP contribution in [0.5, 0.6) is 0 Å². The highest BCUT2D eigenvalue weighted by atomic mass is 35.5. The van der Waals surface area contributed by atoms with Crippen molar-refractivity contribution < 1.29 is 14.3 Å². The first kappa shape index (κ1) is 19.9. The summed E-state index contributed by atoms with van der Waals surface area (Å²) in [5.74, 6) is -0.875. The van der Waals surface area contributed by atoms with Gasteiger partial charge in [0.1, 0.15) is 0 Å². The molecule has 5 nitrogen and oxygen atoms in total. The lowest BCUT2D eigenvalue weighted by molar-refractivity contribution is -0.147. The zero-order chi connectivity index (χ0) is 19.2. The number of carbonyl (C=O) groups is 2. The van der Waals surface area contributed by atoms with Gasteiger partial charge in [0, 0.05) is 12.6 Å². The third-order valence-electron chi connectivity index (χ3n) is 3.84. The summed E-state index contributed by atoms with van der Waals surface area (Å²) in [6.45, 7) is 6.11. The number of hydrogen-bond donors (Lipinski definition) is 1. The topological polar surface area (TPSA) is 68.3 Å². The van der Waals surface area contributed by atoms with Gasteiger partial charge in [-0.3, -0.25) is 9.59 Å². The van der Waals surface area contributed by atoms with Crippen molar-refractivity contribution in [3.8, 4) is 0 Å². The van der Waals surface area contributed by atoms with E-state index in [2.05, 4.69) is 43.2 Å². The number of aromatic nitrogens is 1. The molecular formula is C20H23ClN2O3. The molecule has 0 spiro atoms. The molecule has 1 aromatic carbocycles. The summed E-state index contributed by atoms with van der Waals surface area (Å²) in [6.07, 6.45) is 2.31. The van der Waals surface area contributed by atoms with Crippen molar-refractivity contribution in [3.63, 3.8) is 0 Å². The Morgan fingerprint density at radius 2 is 1.85 bits per heavy atom. The second kappa shape index (κ2) is 8.81. The number of benzene rings is 1. The summed E-state index contributed by atoms with van der Waals surface area (Å²) >= 11 is 5.85. The van der Waals surface area contributed by atoms with Crippen molar-refractivity contribution in [2.24, 2.45) is 0 Å². The highest BCUT2D eigenvalue weighted by Crippen LogP contribution is 2.22. The third kappa shape index (κ3) is 6.15. The fourth-order valence-electron chi connectivity index (χ4n) is 2.30. The summed E-state index contributed by atoms with van der Waals surface area (Å²) < 4.78 is 5.00. The molecule has 26 heavy (non-hydrogen) atoms. The van der Waals surface area contributed by atoms with E-state index in [0.717, 1.165) is 5.56 Å². The molecule has 2 rings (SSSR count). The van der Waals surface area contributed by atoms with E-state index in [0.29, 0.717) is 12.1 Å². The number of esters is 1. The van der Waals surface area contributed by atoms with Gasteiger partial charge in [0.2, 0.25) is 0 Å². The van der Waals surface area contributed by atoms with Crippen molar-refractivity contribution >= 4 is 29.2 Å². The lowest BCUT2D eigenvalue weighted by Gasteiger charge is -2.19. The fourth-order valence-corrected chi connectivity index (χ4v) is 2.47. The highest BCUT2D eigenvalue weighted by Gasteiger charge is 2.13. The Morgan fingerprint density at radius 1 is 1.15 bits per heavy atom. The minimum absolute atomic E-state index is 0.0992. The maximum absolute atomic E-state index is 11.8. The largest absolute Gasteiger partial charge is 0.456 e. The number of nitrogens with zero attached hydrogens (tertiary/aromatic N) is 1. The van der Waals surface area contributed by atoms with Crippen LogP contribution < -0.4 is 5.32 Å². The molecular weight excluding hydrogens is 352 g/mol. The number of pyridine rings is 1. The van der Waals surface area contributed by atoms with E-state index in [1.807, 2.05) is 12.1 Å². The van der Waals surface area contributed by atoms with Gasteiger partial charge in [-0.2, -0.15) is 0 Å². The molecule has 138 valence electrons. The molecule has 0 radical (unpaired) electrons. The van der Waals surface area contributed by atoms with Gasteiger partial charge in [0.25, 0.3) is 5.91 Å². The summed E-state index contributed by atoms with van der Waals surface area (Å²) in [4.78, 5) is 27.5. The number of rotatable bonds is 6. The third-order valence-corrected chi connectivity index (χ3v) is 4.14. The standard InChI is InChI=1S/C20H23ClN2O3/c1-20(2,3)15-9-6-14(7-10-15)8-11-18(25)26-13-17(24)23-16-5-4-12-22-19(16)21/h4-7,9-10,12H,8,11,13H2,1-3H3,(H,23,24). The van der Waals surface area contributed by atoms with Crippen molar-refractivity contribution in [1.82, 2.24) is 4.98 Å². The molecule has 0 atom stereocenters.